The summed E-state index contributed by atoms with van der Waals surface area (Å²) in [5, 5.41) is 8.84. The van der Waals surface area contributed by atoms with E-state index in [1.807, 2.05) is 44.2 Å². The minimum Gasteiger partial charge on any atom is -0.494 e. The van der Waals surface area contributed by atoms with Crippen LogP contribution in [0.3, 0.4) is 0 Å². The molecule has 146 valence electrons. The first-order valence-corrected chi connectivity index (χ1v) is 9.94. The van der Waals surface area contributed by atoms with Crippen molar-refractivity contribution in [1.29, 1.82) is 0 Å². The Balaban J connectivity index is 1.71. The van der Waals surface area contributed by atoms with Crippen LogP contribution in [0, 0.1) is 0 Å². The molecule has 28 heavy (non-hydrogen) atoms. The Morgan fingerprint density at radius 2 is 1.82 bits per heavy atom. The second kappa shape index (κ2) is 9.90. The van der Waals surface area contributed by atoms with E-state index in [9.17, 15) is 4.79 Å². The molecule has 0 saturated carbocycles. The molecule has 1 amide bonds. The number of carbonyl (C=O) groups excluding carboxylic acids is 1. The molecule has 0 unspecified atom stereocenters. The van der Waals surface area contributed by atoms with E-state index in [-0.39, 0.29) is 5.91 Å². The lowest BCUT2D eigenvalue weighted by Crippen LogP contribution is -2.24. The Labute approximate surface area is 166 Å². The van der Waals surface area contributed by atoms with Gasteiger partial charge in [-0.05, 0) is 47.9 Å². The quantitative estimate of drug-likeness (QED) is 0.571. The van der Waals surface area contributed by atoms with E-state index in [0.29, 0.717) is 31.8 Å². The van der Waals surface area contributed by atoms with Crippen molar-refractivity contribution in [3.63, 3.8) is 0 Å². The SMILES string of the molecule is CCCNC(=O)c1cccc(CNCc2c(OCC)ccc3ccccc23)c1. The molecule has 4 nitrogen and oxygen atoms in total. The summed E-state index contributed by atoms with van der Waals surface area (Å²) in [5.74, 6) is 0.901. The summed E-state index contributed by atoms with van der Waals surface area (Å²) < 4.78 is 5.84. The zero-order valence-corrected chi connectivity index (χ0v) is 16.6. The normalized spacial score (nSPS) is 10.8. The number of rotatable bonds is 9. The second-order valence-electron chi connectivity index (χ2n) is 6.76. The van der Waals surface area contributed by atoms with Gasteiger partial charge in [-0.2, -0.15) is 0 Å². The highest BCUT2D eigenvalue weighted by molar-refractivity contribution is 5.94. The summed E-state index contributed by atoms with van der Waals surface area (Å²) in [6.45, 7) is 6.77. The molecule has 0 fully saturated rings. The van der Waals surface area contributed by atoms with Gasteiger partial charge in [-0.1, -0.05) is 49.4 Å². The van der Waals surface area contributed by atoms with Gasteiger partial charge in [0.15, 0.2) is 0 Å². The van der Waals surface area contributed by atoms with Gasteiger partial charge in [0.1, 0.15) is 5.75 Å². The number of ether oxygens (including phenoxy) is 1. The lowest BCUT2D eigenvalue weighted by Gasteiger charge is -2.14. The van der Waals surface area contributed by atoms with Gasteiger partial charge < -0.3 is 15.4 Å². The molecular formula is C24H28N2O2. The van der Waals surface area contributed by atoms with Crippen molar-refractivity contribution in [2.45, 2.75) is 33.4 Å². The molecule has 0 atom stereocenters. The number of carbonyl (C=O) groups is 1. The molecule has 0 aliphatic carbocycles. The molecule has 0 heterocycles. The summed E-state index contributed by atoms with van der Waals surface area (Å²) in [7, 11) is 0. The molecular weight excluding hydrogens is 348 g/mol. The molecule has 0 saturated heterocycles. The minimum absolute atomic E-state index is 0.0172. The highest BCUT2D eigenvalue weighted by Gasteiger charge is 2.09. The first kappa shape index (κ1) is 19.9. The van der Waals surface area contributed by atoms with Gasteiger partial charge in [-0.15, -0.1) is 0 Å². The van der Waals surface area contributed by atoms with Crippen molar-refractivity contribution in [2.75, 3.05) is 13.2 Å². The molecule has 0 aromatic heterocycles. The minimum atomic E-state index is -0.0172. The maximum Gasteiger partial charge on any atom is 0.251 e. The summed E-state index contributed by atoms with van der Waals surface area (Å²) in [5.41, 5.74) is 2.95. The molecule has 0 radical (unpaired) electrons. The Bertz CT molecular complexity index is 937. The van der Waals surface area contributed by atoms with E-state index in [0.717, 1.165) is 23.3 Å². The van der Waals surface area contributed by atoms with E-state index < -0.39 is 0 Å². The van der Waals surface area contributed by atoms with Crippen molar-refractivity contribution in [3.8, 4) is 5.75 Å². The predicted octanol–water partition coefficient (Wildman–Crippen LogP) is 4.67. The lowest BCUT2D eigenvalue weighted by molar-refractivity contribution is 0.0953. The van der Waals surface area contributed by atoms with Gasteiger partial charge in [0.2, 0.25) is 0 Å². The molecule has 0 aliphatic heterocycles. The second-order valence-corrected chi connectivity index (χ2v) is 6.76. The topological polar surface area (TPSA) is 50.4 Å². The van der Waals surface area contributed by atoms with Crippen LogP contribution in [0.2, 0.25) is 0 Å². The standard InChI is InChI=1S/C24H28N2O2/c1-3-14-26-24(27)20-10-7-8-18(15-20)16-25-17-22-21-11-6-5-9-19(21)12-13-23(22)28-4-2/h5-13,15,25H,3-4,14,16-17H2,1-2H3,(H,26,27). The monoisotopic (exact) mass is 376 g/mol. The number of hydrogen-bond donors (Lipinski definition) is 2. The van der Waals surface area contributed by atoms with Crippen molar-refractivity contribution in [1.82, 2.24) is 10.6 Å². The van der Waals surface area contributed by atoms with E-state index in [4.69, 9.17) is 4.74 Å². The zero-order chi connectivity index (χ0) is 19.8. The zero-order valence-electron chi connectivity index (χ0n) is 16.6. The first-order valence-electron chi connectivity index (χ1n) is 9.94. The van der Waals surface area contributed by atoms with Crippen molar-refractivity contribution in [3.05, 3.63) is 77.4 Å². The van der Waals surface area contributed by atoms with E-state index in [1.165, 1.54) is 10.8 Å². The van der Waals surface area contributed by atoms with Gasteiger partial charge in [0.05, 0.1) is 6.61 Å². The van der Waals surface area contributed by atoms with Gasteiger partial charge in [-0.25, -0.2) is 0 Å². The molecule has 0 bridgehead atoms. The highest BCUT2D eigenvalue weighted by Crippen LogP contribution is 2.28. The van der Waals surface area contributed by atoms with Crippen LogP contribution in [-0.2, 0) is 13.1 Å². The number of amides is 1. The number of hydrogen-bond acceptors (Lipinski definition) is 3. The third-order valence-electron chi connectivity index (χ3n) is 4.65. The average Bonchev–Trinajstić information content (AvgIpc) is 2.73. The average molecular weight is 377 g/mol. The van der Waals surface area contributed by atoms with Gasteiger partial charge in [0, 0.05) is 30.8 Å². The van der Waals surface area contributed by atoms with Crippen LogP contribution in [0.25, 0.3) is 10.8 Å². The fourth-order valence-corrected chi connectivity index (χ4v) is 3.28. The van der Waals surface area contributed by atoms with Crippen LogP contribution < -0.4 is 15.4 Å². The molecule has 4 heteroatoms. The number of fused-ring (bicyclic) bond motifs is 1. The van der Waals surface area contributed by atoms with Gasteiger partial charge >= 0.3 is 0 Å². The van der Waals surface area contributed by atoms with Gasteiger partial charge in [0.25, 0.3) is 5.91 Å². The van der Waals surface area contributed by atoms with Crippen molar-refractivity contribution >= 4 is 16.7 Å². The van der Waals surface area contributed by atoms with Crippen LogP contribution >= 0.6 is 0 Å². The Hall–Kier alpha value is -2.85. The first-order chi connectivity index (χ1) is 13.7. The Morgan fingerprint density at radius 3 is 2.64 bits per heavy atom. The van der Waals surface area contributed by atoms with E-state index >= 15 is 0 Å². The Morgan fingerprint density at radius 1 is 0.964 bits per heavy atom. The maximum absolute atomic E-state index is 12.2. The third kappa shape index (κ3) is 4.90. The molecule has 3 rings (SSSR count). The lowest BCUT2D eigenvalue weighted by atomic mass is 10.0. The van der Waals surface area contributed by atoms with E-state index in [2.05, 4.69) is 41.0 Å². The summed E-state index contributed by atoms with van der Waals surface area (Å²) >= 11 is 0. The molecule has 0 aliphatic rings. The van der Waals surface area contributed by atoms with Crippen LogP contribution in [0.4, 0.5) is 0 Å². The Kier molecular flexibility index (Phi) is 7.04. The number of benzene rings is 3. The van der Waals surface area contributed by atoms with Crippen molar-refractivity contribution in [2.24, 2.45) is 0 Å². The van der Waals surface area contributed by atoms with Crippen LogP contribution in [0.1, 0.15) is 41.8 Å². The molecule has 3 aromatic carbocycles. The predicted molar refractivity (Wildman–Crippen MR) is 115 cm³/mol. The van der Waals surface area contributed by atoms with Gasteiger partial charge in [-0.3, -0.25) is 4.79 Å². The maximum atomic E-state index is 12.2. The van der Waals surface area contributed by atoms with E-state index in [1.54, 1.807) is 0 Å². The summed E-state index contributed by atoms with van der Waals surface area (Å²) in [4.78, 5) is 12.2. The van der Waals surface area contributed by atoms with Crippen molar-refractivity contribution < 1.29 is 9.53 Å². The number of nitrogens with one attached hydrogen (secondary N) is 2. The summed E-state index contributed by atoms with van der Waals surface area (Å²) in [6, 6.07) is 20.3. The molecule has 2 N–H and O–H groups in total. The highest BCUT2D eigenvalue weighted by atomic mass is 16.5. The largest absolute Gasteiger partial charge is 0.494 e. The van der Waals surface area contributed by atoms with Crippen LogP contribution in [-0.4, -0.2) is 19.1 Å². The fraction of sp³-hybridized carbons (Fsp3) is 0.292. The van der Waals surface area contributed by atoms with Crippen LogP contribution in [0.15, 0.2) is 60.7 Å². The fourth-order valence-electron chi connectivity index (χ4n) is 3.28. The molecule has 3 aromatic rings. The smallest absolute Gasteiger partial charge is 0.251 e. The molecule has 0 spiro atoms. The van der Waals surface area contributed by atoms with Crippen LogP contribution in [0.5, 0.6) is 5.75 Å². The third-order valence-corrected chi connectivity index (χ3v) is 4.65. The summed E-state index contributed by atoms with van der Waals surface area (Å²) in [6.07, 6.45) is 0.931.